The van der Waals surface area contributed by atoms with Crippen LogP contribution in [0.3, 0.4) is 0 Å². The standard InChI is InChI=1S/C21H23FN4O2S/c1-14-15(2)29-20-19(14)21(28)26(13-23-20)8-7-18(27)25-11-9-24(10-12-25)17-5-3-16(22)4-6-17/h3-6,13H,7-12H2,1-2H3. The van der Waals surface area contributed by atoms with Gasteiger partial charge < -0.3 is 9.80 Å². The molecule has 1 saturated heterocycles. The minimum Gasteiger partial charge on any atom is -0.368 e. The molecular weight excluding hydrogens is 391 g/mol. The Kier molecular flexibility index (Phi) is 5.36. The number of halogens is 1. The summed E-state index contributed by atoms with van der Waals surface area (Å²) in [5.74, 6) is -0.215. The third-order valence-electron chi connectivity index (χ3n) is 5.55. The van der Waals surface area contributed by atoms with Crippen molar-refractivity contribution < 1.29 is 9.18 Å². The summed E-state index contributed by atoms with van der Waals surface area (Å²) in [6, 6.07) is 6.42. The zero-order valence-corrected chi connectivity index (χ0v) is 17.3. The van der Waals surface area contributed by atoms with Gasteiger partial charge in [0.1, 0.15) is 10.6 Å². The van der Waals surface area contributed by atoms with Gasteiger partial charge in [0.2, 0.25) is 5.91 Å². The SMILES string of the molecule is Cc1sc2ncn(CCC(=O)N3CCN(c4ccc(F)cc4)CC3)c(=O)c2c1C. The van der Waals surface area contributed by atoms with E-state index in [1.54, 1.807) is 18.5 Å². The summed E-state index contributed by atoms with van der Waals surface area (Å²) in [7, 11) is 0. The molecule has 0 aliphatic carbocycles. The van der Waals surface area contributed by atoms with Crippen LogP contribution in [0.25, 0.3) is 10.2 Å². The van der Waals surface area contributed by atoms with Crippen LogP contribution in [-0.2, 0) is 11.3 Å². The molecule has 3 heterocycles. The Bertz CT molecular complexity index is 1100. The molecular formula is C21H23FN4O2S. The molecule has 0 spiro atoms. The highest BCUT2D eigenvalue weighted by atomic mass is 32.1. The fourth-order valence-corrected chi connectivity index (χ4v) is 4.66. The quantitative estimate of drug-likeness (QED) is 0.659. The van der Waals surface area contributed by atoms with Crippen molar-refractivity contribution in [2.45, 2.75) is 26.8 Å². The van der Waals surface area contributed by atoms with E-state index in [0.29, 0.717) is 38.1 Å². The topological polar surface area (TPSA) is 58.4 Å². The molecule has 0 atom stereocenters. The number of benzene rings is 1. The lowest BCUT2D eigenvalue weighted by molar-refractivity contribution is -0.131. The highest BCUT2D eigenvalue weighted by Crippen LogP contribution is 2.25. The van der Waals surface area contributed by atoms with Gasteiger partial charge in [-0.3, -0.25) is 14.2 Å². The highest BCUT2D eigenvalue weighted by Gasteiger charge is 2.21. The van der Waals surface area contributed by atoms with Crippen LogP contribution in [0.1, 0.15) is 16.9 Å². The van der Waals surface area contributed by atoms with Gasteiger partial charge in [-0.2, -0.15) is 0 Å². The lowest BCUT2D eigenvalue weighted by atomic mass is 10.2. The van der Waals surface area contributed by atoms with Crippen LogP contribution in [-0.4, -0.2) is 46.5 Å². The van der Waals surface area contributed by atoms with E-state index in [4.69, 9.17) is 0 Å². The first kappa shape index (κ1) is 19.6. The molecule has 152 valence electrons. The van der Waals surface area contributed by atoms with Gasteiger partial charge in [0.05, 0.1) is 11.7 Å². The van der Waals surface area contributed by atoms with Gasteiger partial charge in [-0.1, -0.05) is 0 Å². The van der Waals surface area contributed by atoms with Crippen molar-refractivity contribution in [1.29, 1.82) is 0 Å². The normalized spacial score (nSPS) is 14.6. The van der Waals surface area contributed by atoms with E-state index >= 15 is 0 Å². The van der Waals surface area contributed by atoms with Crippen molar-refractivity contribution in [3.8, 4) is 0 Å². The molecule has 1 aliphatic rings. The van der Waals surface area contributed by atoms with E-state index in [-0.39, 0.29) is 23.7 Å². The zero-order valence-electron chi connectivity index (χ0n) is 16.5. The number of carbonyl (C=O) groups excluding carboxylic acids is 1. The number of aryl methyl sites for hydroxylation is 3. The number of amides is 1. The summed E-state index contributed by atoms with van der Waals surface area (Å²) in [6.07, 6.45) is 1.81. The molecule has 6 nitrogen and oxygen atoms in total. The number of hydrogen-bond acceptors (Lipinski definition) is 5. The van der Waals surface area contributed by atoms with Crippen LogP contribution in [0.4, 0.5) is 10.1 Å². The maximum atomic E-state index is 13.1. The van der Waals surface area contributed by atoms with Crippen LogP contribution in [0, 0.1) is 19.7 Å². The summed E-state index contributed by atoms with van der Waals surface area (Å²) in [5, 5.41) is 0.662. The first-order valence-electron chi connectivity index (χ1n) is 9.67. The van der Waals surface area contributed by atoms with Gasteiger partial charge in [0.25, 0.3) is 5.56 Å². The summed E-state index contributed by atoms with van der Waals surface area (Å²) < 4.78 is 14.6. The second-order valence-electron chi connectivity index (χ2n) is 7.30. The molecule has 1 aromatic carbocycles. The van der Waals surface area contributed by atoms with Crippen molar-refractivity contribution in [1.82, 2.24) is 14.5 Å². The number of anilines is 1. The number of aromatic nitrogens is 2. The van der Waals surface area contributed by atoms with Gasteiger partial charge in [0, 0.05) is 49.7 Å². The zero-order chi connectivity index (χ0) is 20.5. The van der Waals surface area contributed by atoms with Gasteiger partial charge in [-0.05, 0) is 43.7 Å². The van der Waals surface area contributed by atoms with Crippen molar-refractivity contribution in [2.75, 3.05) is 31.1 Å². The van der Waals surface area contributed by atoms with Gasteiger partial charge in [0.15, 0.2) is 0 Å². The molecule has 8 heteroatoms. The van der Waals surface area contributed by atoms with Crippen molar-refractivity contribution in [3.63, 3.8) is 0 Å². The Morgan fingerprint density at radius 1 is 1.14 bits per heavy atom. The first-order valence-corrected chi connectivity index (χ1v) is 10.5. The summed E-state index contributed by atoms with van der Waals surface area (Å²) >= 11 is 1.52. The first-order chi connectivity index (χ1) is 13.9. The van der Waals surface area contributed by atoms with E-state index in [2.05, 4.69) is 9.88 Å². The van der Waals surface area contributed by atoms with Crippen LogP contribution in [0.2, 0.25) is 0 Å². The molecule has 0 N–H and O–H groups in total. The smallest absolute Gasteiger partial charge is 0.262 e. The molecule has 0 radical (unpaired) electrons. The largest absolute Gasteiger partial charge is 0.368 e. The van der Waals surface area contributed by atoms with E-state index < -0.39 is 0 Å². The summed E-state index contributed by atoms with van der Waals surface area (Å²) in [4.78, 5) is 35.6. The van der Waals surface area contributed by atoms with Gasteiger partial charge in [-0.25, -0.2) is 9.37 Å². The maximum Gasteiger partial charge on any atom is 0.262 e. The van der Waals surface area contributed by atoms with Gasteiger partial charge in [-0.15, -0.1) is 11.3 Å². The second-order valence-corrected chi connectivity index (χ2v) is 8.50. The molecule has 2 aromatic heterocycles. The molecule has 0 bridgehead atoms. The van der Waals surface area contributed by atoms with Crippen molar-refractivity contribution >= 4 is 33.1 Å². The third-order valence-corrected chi connectivity index (χ3v) is 6.66. The second kappa shape index (κ2) is 7.94. The Balaban J connectivity index is 1.36. The Morgan fingerprint density at radius 2 is 1.83 bits per heavy atom. The lowest BCUT2D eigenvalue weighted by Crippen LogP contribution is -2.49. The number of carbonyl (C=O) groups is 1. The van der Waals surface area contributed by atoms with Gasteiger partial charge >= 0.3 is 0 Å². The monoisotopic (exact) mass is 414 g/mol. The third kappa shape index (κ3) is 3.89. The van der Waals surface area contributed by atoms with Crippen LogP contribution < -0.4 is 10.5 Å². The number of rotatable bonds is 4. The molecule has 0 unspecified atom stereocenters. The molecule has 1 amide bonds. The minimum atomic E-state index is -0.252. The number of piperazine rings is 1. The summed E-state index contributed by atoms with van der Waals surface area (Å²) in [5.41, 5.74) is 1.86. The molecule has 29 heavy (non-hydrogen) atoms. The maximum absolute atomic E-state index is 13.1. The Labute approximate surface area is 172 Å². The number of nitrogens with zero attached hydrogens (tertiary/aromatic N) is 4. The highest BCUT2D eigenvalue weighted by molar-refractivity contribution is 7.18. The van der Waals surface area contributed by atoms with Crippen molar-refractivity contribution in [3.05, 3.63) is 57.2 Å². The van der Waals surface area contributed by atoms with Crippen LogP contribution in [0.5, 0.6) is 0 Å². The summed E-state index contributed by atoms with van der Waals surface area (Å²) in [6.45, 7) is 6.90. The number of thiophene rings is 1. The number of fused-ring (bicyclic) bond motifs is 1. The number of hydrogen-bond donors (Lipinski definition) is 0. The predicted molar refractivity (Wildman–Crippen MR) is 113 cm³/mol. The molecule has 4 rings (SSSR count). The fraction of sp³-hybridized carbons (Fsp3) is 0.381. The molecule has 3 aromatic rings. The molecule has 1 fully saturated rings. The average Bonchev–Trinajstić information content (AvgIpc) is 3.02. The fourth-order valence-electron chi connectivity index (χ4n) is 3.67. The minimum absolute atomic E-state index is 0.0361. The van der Waals surface area contributed by atoms with Crippen molar-refractivity contribution in [2.24, 2.45) is 0 Å². The van der Waals surface area contributed by atoms with Crippen LogP contribution in [0.15, 0.2) is 35.4 Å². The predicted octanol–water partition coefficient (Wildman–Crippen LogP) is 2.95. The van der Waals surface area contributed by atoms with E-state index in [0.717, 1.165) is 21.0 Å². The molecule has 1 aliphatic heterocycles. The Hall–Kier alpha value is -2.74. The molecule has 0 saturated carbocycles. The van der Waals surface area contributed by atoms with E-state index in [1.807, 2.05) is 18.7 Å². The van der Waals surface area contributed by atoms with Crippen LogP contribution >= 0.6 is 11.3 Å². The average molecular weight is 415 g/mol. The Morgan fingerprint density at radius 3 is 2.52 bits per heavy atom. The van der Waals surface area contributed by atoms with E-state index in [9.17, 15) is 14.0 Å². The lowest BCUT2D eigenvalue weighted by Gasteiger charge is -2.36. The van der Waals surface area contributed by atoms with E-state index in [1.165, 1.54) is 28.0 Å².